The summed E-state index contributed by atoms with van der Waals surface area (Å²) in [7, 11) is 0. The number of para-hydroxylation sites is 2. The van der Waals surface area contributed by atoms with E-state index in [0.717, 1.165) is 94.5 Å². The standard InChI is InChI=1S/C66H56N4O2.Pt/c1-43-34-63(67-41-57(43)46-27-29-48(30-28-46)65(2,3)4)70-60-39-52(31-32-53(60)56-35-47-22-17-33-71-62(47)40-61(56)70)72-51-24-16-23-50(38-51)68-42-69(59-26-15-14-25-58(59)68)64-54(44-18-10-8-11-19-44)36-49(66(5,6)7)37-55(64)45-20-12-9-13-21-45;/h8-16,18-21,23-32,34-37,40-41H,17,22,33H2,1-7H3;/q-2;/i1D3;. The van der Waals surface area contributed by atoms with Gasteiger partial charge in [0.05, 0.1) is 6.61 Å². The fraction of sp³-hybridized carbons (Fsp3) is 0.182. The predicted molar refractivity (Wildman–Crippen MR) is 294 cm³/mol. The molecule has 0 fully saturated rings. The van der Waals surface area contributed by atoms with Crippen LogP contribution >= 0.6 is 0 Å². The van der Waals surface area contributed by atoms with Crippen LogP contribution in [0.15, 0.2) is 176 Å². The van der Waals surface area contributed by atoms with Gasteiger partial charge < -0.3 is 4.74 Å². The maximum atomic E-state index is 8.78. The van der Waals surface area contributed by atoms with Gasteiger partial charge in [0.25, 0.3) is 0 Å². The predicted octanol–water partition coefficient (Wildman–Crippen LogP) is 16.6. The van der Waals surface area contributed by atoms with E-state index in [1.165, 1.54) is 11.1 Å². The van der Waals surface area contributed by atoms with Gasteiger partial charge in [-0.15, -0.1) is 0 Å². The van der Waals surface area contributed by atoms with E-state index in [1.54, 1.807) is 12.3 Å². The minimum atomic E-state index is -2.43. The van der Waals surface area contributed by atoms with Crippen molar-refractivity contribution in [3.05, 3.63) is 214 Å². The molecule has 364 valence electrons. The zero-order valence-corrected chi connectivity index (χ0v) is 44.1. The van der Waals surface area contributed by atoms with Crippen molar-refractivity contribution >= 4 is 32.8 Å². The van der Waals surface area contributed by atoms with Crippen LogP contribution < -0.4 is 9.47 Å². The van der Waals surface area contributed by atoms with Gasteiger partial charge in [-0.1, -0.05) is 45.0 Å². The summed E-state index contributed by atoms with van der Waals surface area (Å²) in [6.07, 6.45) is 3.53. The number of aryl methyl sites for hydroxylation is 2. The zero-order valence-electron chi connectivity index (χ0n) is 44.8. The molecule has 0 aliphatic carbocycles. The van der Waals surface area contributed by atoms with Crippen LogP contribution in [-0.4, -0.2) is 25.3 Å². The molecular weight excluding hydrogens is 1080 g/mol. The molecule has 0 saturated carbocycles. The van der Waals surface area contributed by atoms with E-state index in [2.05, 4.69) is 216 Å². The number of imidazole rings is 1. The molecule has 11 aromatic rings. The van der Waals surface area contributed by atoms with Crippen LogP contribution in [-0.2, 0) is 36.6 Å². The molecule has 8 aromatic carbocycles. The van der Waals surface area contributed by atoms with Gasteiger partial charge >= 0.3 is 320 Å². The monoisotopic (exact) mass is 1130 g/mol. The van der Waals surface area contributed by atoms with Gasteiger partial charge in [-0.2, -0.15) is 0 Å². The number of ether oxygens (including phenoxy) is 2. The molecular formula is C66H56N4O2Pt-2. The molecule has 4 heterocycles. The molecule has 0 saturated heterocycles. The molecule has 6 nitrogen and oxygen atoms in total. The van der Waals surface area contributed by atoms with Crippen LogP contribution in [0, 0.1) is 22.8 Å². The molecule has 0 atom stereocenters. The van der Waals surface area contributed by atoms with Crippen LogP contribution in [0.25, 0.3) is 83.4 Å². The number of nitrogens with zero attached hydrogens (tertiary/aromatic N) is 4. The van der Waals surface area contributed by atoms with Gasteiger partial charge in [-0.25, -0.2) is 0 Å². The van der Waals surface area contributed by atoms with Crippen LogP contribution in [0.1, 0.15) is 74.3 Å². The summed E-state index contributed by atoms with van der Waals surface area (Å²) in [5, 5.41) is 1.93. The molecule has 0 spiro atoms. The first-order chi connectivity index (χ1) is 36.5. The van der Waals surface area contributed by atoms with E-state index in [1.807, 2.05) is 34.9 Å². The van der Waals surface area contributed by atoms with Crippen LogP contribution in [0.5, 0.6) is 17.2 Å². The van der Waals surface area contributed by atoms with Crippen LogP contribution in [0.3, 0.4) is 0 Å². The summed E-state index contributed by atoms with van der Waals surface area (Å²) in [6.45, 7) is 11.5. The Morgan fingerprint density at radius 1 is 0.589 bits per heavy atom. The summed E-state index contributed by atoms with van der Waals surface area (Å²) < 4.78 is 46.9. The second-order valence-electron chi connectivity index (χ2n) is 21.1. The average molecular weight is 1140 g/mol. The average Bonchev–Trinajstić information content (AvgIpc) is 3.97. The van der Waals surface area contributed by atoms with Crippen LogP contribution in [0.4, 0.5) is 0 Å². The van der Waals surface area contributed by atoms with E-state index in [9.17, 15) is 0 Å². The number of hydrogen-bond donors (Lipinski definition) is 0. The molecule has 0 bridgehead atoms. The number of benzene rings is 8. The zero-order chi connectivity index (χ0) is 52.7. The van der Waals surface area contributed by atoms with Gasteiger partial charge in [0, 0.05) is 15.9 Å². The minimum Gasteiger partial charge on any atom is -0.493 e. The molecule has 3 aromatic heterocycles. The smallest absolute Gasteiger partial charge is 0.493 e. The first-order valence-corrected chi connectivity index (χ1v) is 26.1. The number of aromatic nitrogens is 4. The topological polar surface area (TPSA) is 46.1 Å². The van der Waals surface area contributed by atoms with E-state index < -0.39 is 6.85 Å². The van der Waals surface area contributed by atoms with Crippen molar-refractivity contribution in [2.24, 2.45) is 0 Å². The second kappa shape index (κ2) is 18.2. The quantitative estimate of drug-likeness (QED) is 0.142. The molecule has 0 amide bonds. The van der Waals surface area contributed by atoms with E-state index in [-0.39, 0.29) is 16.4 Å². The molecule has 12 rings (SSSR count). The third kappa shape index (κ3) is 8.46. The van der Waals surface area contributed by atoms with Gasteiger partial charge in [0.15, 0.2) is 0 Å². The van der Waals surface area contributed by atoms with E-state index in [0.29, 0.717) is 35.0 Å². The second-order valence-corrected chi connectivity index (χ2v) is 22.1. The van der Waals surface area contributed by atoms with Gasteiger partial charge in [0.2, 0.25) is 0 Å². The molecule has 73 heavy (non-hydrogen) atoms. The van der Waals surface area contributed by atoms with Gasteiger partial charge in [-0.05, 0) is 47.4 Å². The molecule has 7 heteroatoms. The Hall–Kier alpha value is -7.53. The Labute approximate surface area is 442 Å². The van der Waals surface area contributed by atoms with Crippen LogP contribution in [0.2, 0.25) is 0 Å². The van der Waals surface area contributed by atoms with Crippen molar-refractivity contribution in [2.75, 3.05) is 6.61 Å². The summed E-state index contributed by atoms with van der Waals surface area (Å²) in [5.74, 6) is 2.26. The summed E-state index contributed by atoms with van der Waals surface area (Å²) in [5.41, 5.74) is 15.0. The SMILES string of the molecule is [2H]C([2H])([2H])c1cc(-n2c3[c-]c(Oc4[c-]c(-n5[c](=[Pt])n(-c6c(-c7ccccc7)cc(C(C)(C)C)cc6-c6ccccc6)c6ccccc65)ccc4)ccc3c3cc4c(cc32)OCCC4)ncc1-c1ccc(C(C)(C)C)cc1. The first kappa shape index (κ1) is 43.1. The molecule has 0 N–H and O–H groups in total. The molecule has 1 aliphatic rings. The summed E-state index contributed by atoms with van der Waals surface area (Å²) >= 11 is 2.47. The number of fused-ring (bicyclic) bond motifs is 5. The number of rotatable bonds is 8. The molecule has 0 radical (unpaired) electrons. The fourth-order valence-corrected chi connectivity index (χ4v) is 11.4. The van der Waals surface area contributed by atoms with Crippen molar-refractivity contribution in [2.45, 2.75) is 72.1 Å². The van der Waals surface area contributed by atoms with E-state index >= 15 is 0 Å². The molecule has 1 aliphatic heterocycles. The maximum absolute atomic E-state index is 8.78. The first-order valence-electron chi connectivity index (χ1n) is 26.5. The normalized spacial score (nSPS) is 13.7. The Balaban J connectivity index is 0.993. The third-order valence-corrected chi connectivity index (χ3v) is 15.2. The Morgan fingerprint density at radius 3 is 1.90 bits per heavy atom. The van der Waals surface area contributed by atoms with Crippen molar-refractivity contribution in [3.8, 4) is 67.8 Å². The third-order valence-electron chi connectivity index (χ3n) is 14.1. The summed E-state index contributed by atoms with van der Waals surface area (Å²) in [6, 6.07) is 66.0. The minimum absolute atomic E-state index is 0.0481. The van der Waals surface area contributed by atoms with Gasteiger partial charge in [0.1, 0.15) is 5.75 Å². The van der Waals surface area contributed by atoms with Crippen molar-refractivity contribution in [3.63, 3.8) is 0 Å². The number of pyridine rings is 1. The Bertz CT molecular complexity index is 4040. The van der Waals surface area contributed by atoms with Crippen molar-refractivity contribution < 1.29 is 32.9 Å². The summed E-state index contributed by atoms with van der Waals surface area (Å²) in [4.78, 5) is 5.03. The van der Waals surface area contributed by atoms with Crippen molar-refractivity contribution in [1.29, 1.82) is 0 Å². The number of hydrogen-bond acceptors (Lipinski definition) is 3. The Morgan fingerprint density at radius 2 is 1.23 bits per heavy atom. The Kier molecular flexibility index (Phi) is 10.7. The molecule has 0 unspecified atom stereocenters. The fourth-order valence-electron chi connectivity index (χ4n) is 10.3. The van der Waals surface area contributed by atoms with Gasteiger partial charge in [-0.3, -0.25) is 0 Å². The van der Waals surface area contributed by atoms with Crippen molar-refractivity contribution in [1.82, 2.24) is 18.7 Å². The van der Waals surface area contributed by atoms with E-state index in [4.69, 9.17) is 18.6 Å².